The highest BCUT2D eigenvalue weighted by Crippen LogP contribution is 2.35. The van der Waals surface area contributed by atoms with E-state index in [-0.39, 0.29) is 5.54 Å². The van der Waals surface area contributed by atoms with Crippen LogP contribution in [0.2, 0.25) is 0 Å². The smallest absolute Gasteiger partial charge is 0.0659 e. The third-order valence-electron chi connectivity index (χ3n) is 4.54. The first-order valence-electron chi connectivity index (χ1n) is 7.36. The number of nitrogens with zero attached hydrogens (tertiary/aromatic N) is 1. The highest BCUT2D eigenvalue weighted by atomic mass is 16.5. The Morgan fingerprint density at radius 3 is 2.11 bits per heavy atom. The van der Waals surface area contributed by atoms with Crippen LogP contribution in [0.5, 0.6) is 0 Å². The van der Waals surface area contributed by atoms with Crippen molar-refractivity contribution in [3.05, 3.63) is 0 Å². The van der Waals surface area contributed by atoms with E-state index in [1.54, 1.807) is 0 Å². The summed E-state index contributed by atoms with van der Waals surface area (Å²) in [5.41, 5.74) is 6.43. The van der Waals surface area contributed by atoms with Crippen molar-refractivity contribution in [1.29, 1.82) is 0 Å². The van der Waals surface area contributed by atoms with Crippen LogP contribution in [0.25, 0.3) is 0 Å². The molecular weight excluding hydrogens is 224 g/mol. The van der Waals surface area contributed by atoms with Crippen molar-refractivity contribution in [2.24, 2.45) is 17.1 Å². The summed E-state index contributed by atoms with van der Waals surface area (Å²) in [6.45, 7) is 15.9. The number of nitrogens with two attached hydrogens (primary N) is 1. The highest BCUT2D eigenvalue weighted by Gasteiger charge is 2.36. The van der Waals surface area contributed by atoms with E-state index in [2.05, 4.69) is 32.6 Å². The van der Waals surface area contributed by atoms with Gasteiger partial charge < -0.3 is 10.5 Å². The first kappa shape index (κ1) is 15.9. The van der Waals surface area contributed by atoms with E-state index < -0.39 is 0 Å². The molecule has 1 fully saturated rings. The number of piperidine rings is 1. The van der Waals surface area contributed by atoms with E-state index in [4.69, 9.17) is 10.5 Å². The van der Waals surface area contributed by atoms with Gasteiger partial charge in [0.05, 0.1) is 12.1 Å². The lowest BCUT2D eigenvalue weighted by Crippen LogP contribution is -2.57. The zero-order valence-electron chi connectivity index (χ0n) is 13.0. The van der Waals surface area contributed by atoms with E-state index in [9.17, 15) is 0 Å². The predicted octanol–water partition coefficient (Wildman–Crippen LogP) is 2.50. The Bertz CT molecular complexity index is 241. The number of ether oxygens (including phenoxy) is 1. The molecule has 3 heteroatoms. The van der Waals surface area contributed by atoms with Crippen LogP contribution < -0.4 is 5.73 Å². The minimum atomic E-state index is 0.0128. The molecule has 0 aromatic heterocycles. The summed E-state index contributed by atoms with van der Waals surface area (Å²) in [6, 6.07) is 0. The quantitative estimate of drug-likeness (QED) is 0.821. The molecular formula is C15H32N2O. The third-order valence-corrected chi connectivity index (χ3v) is 4.54. The van der Waals surface area contributed by atoms with Crippen LogP contribution in [0.15, 0.2) is 0 Å². The standard InChI is InChI=1S/C15H32N2O/c1-6-18-12-15(5,11-16)17-9-7-13(8-10-17)14(2,3)4/h13H,6-12,16H2,1-5H3. The zero-order chi connectivity index (χ0) is 13.8. The van der Waals surface area contributed by atoms with Crippen LogP contribution in [0.3, 0.4) is 0 Å². The topological polar surface area (TPSA) is 38.5 Å². The Hall–Kier alpha value is -0.120. The second-order valence-electron chi connectivity index (χ2n) is 6.97. The molecule has 1 atom stereocenters. The zero-order valence-corrected chi connectivity index (χ0v) is 13.0. The molecule has 0 bridgehead atoms. The summed E-state index contributed by atoms with van der Waals surface area (Å²) in [5, 5.41) is 0. The SMILES string of the molecule is CCOCC(C)(CN)N1CCC(C(C)(C)C)CC1. The summed E-state index contributed by atoms with van der Waals surface area (Å²) in [6.07, 6.45) is 2.57. The monoisotopic (exact) mass is 256 g/mol. The molecule has 0 aromatic carbocycles. The average Bonchev–Trinajstić information content (AvgIpc) is 2.35. The van der Waals surface area contributed by atoms with Crippen molar-refractivity contribution >= 4 is 0 Å². The van der Waals surface area contributed by atoms with Crippen LogP contribution in [0.1, 0.15) is 47.5 Å². The second kappa shape index (κ2) is 6.36. The highest BCUT2D eigenvalue weighted by molar-refractivity contribution is 4.91. The first-order valence-corrected chi connectivity index (χ1v) is 7.36. The molecule has 0 aromatic rings. The molecule has 0 amide bonds. The molecule has 18 heavy (non-hydrogen) atoms. The van der Waals surface area contributed by atoms with Gasteiger partial charge in [-0.2, -0.15) is 0 Å². The molecule has 1 aliphatic heterocycles. The van der Waals surface area contributed by atoms with Crippen molar-refractivity contribution in [2.75, 3.05) is 32.8 Å². The van der Waals surface area contributed by atoms with Crippen molar-refractivity contribution < 1.29 is 4.74 Å². The van der Waals surface area contributed by atoms with E-state index in [1.165, 1.54) is 12.8 Å². The fraction of sp³-hybridized carbons (Fsp3) is 1.00. The lowest BCUT2D eigenvalue weighted by Gasteiger charge is -2.46. The lowest BCUT2D eigenvalue weighted by atomic mass is 9.74. The number of likely N-dealkylation sites (tertiary alicyclic amines) is 1. The summed E-state index contributed by atoms with van der Waals surface area (Å²) < 4.78 is 5.62. The number of hydrogen-bond acceptors (Lipinski definition) is 3. The van der Waals surface area contributed by atoms with Crippen molar-refractivity contribution in [1.82, 2.24) is 4.90 Å². The Kier molecular flexibility index (Phi) is 5.63. The van der Waals surface area contributed by atoms with Crippen LogP contribution in [-0.2, 0) is 4.74 Å². The van der Waals surface area contributed by atoms with Crippen LogP contribution in [0, 0.1) is 11.3 Å². The summed E-state index contributed by atoms with van der Waals surface area (Å²) in [7, 11) is 0. The Morgan fingerprint density at radius 1 is 1.17 bits per heavy atom. The number of hydrogen-bond donors (Lipinski definition) is 1. The van der Waals surface area contributed by atoms with Crippen LogP contribution in [0.4, 0.5) is 0 Å². The Labute approximate surface area is 113 Å². The molecule has 1 unspecified atom stereocenters. The van der Waals surface area contributed by atoms with E-state index in [1.807, 2.05) is 6.92 Å². The summed E-state index contributed by atoms with van der Waals surface area (Å²) in [4.78, 5) is 2.53. The summed E-state index contributed by atoms with van der Waals surface area (Å²) >= 11 is 0. The minimum absolute atomic E-state index is 0.0128. The molecule has 3 nitrogen and oxygen atoms in total. The lowest BCUT2D eigenvalue weighted by molar-refractivity contribution is -0.0173. The van der Waals surface area contributed by atoms with Gasteiger partial charge in [0.2, 0.25) is 0 Å². The van der Waals surface area contributed by atoms with Gasteiger partial charge in [0.1, 0.15) is 0 Å². The maximum atomic E-state index is 5.98. The molecule has 1 heterocycles. The van der Waals surface area contributed by atoms with Crippen molar-refractivity contribution in [2.45, 2.75) is 53.0 Å². The van der Waals surface area contributed by atoms with Gasteiger partial charge in [-0.1, -0.05) is 20.8 Å². The minimum Gasteiger partial charge on any atom is -0.380 e. The van der Waals surface area contributed by atoms with Gasteiger partial charge in [-0.05, 0) is 51.1 Å². The van der Waals surface area contributed by atoms with Crippen LogP contribution in [-0.4, -0.2) is 43.3 Å². The van der Waals surface area contributed by atoms with Gasteiger partial charge in [-0.3, -0.25) is 4.90 Å². The molecule has 108 valence electrons. The second-order valence-corrected chi connectivity index (χ2v) is 6.97. The Balaban J connectivity index is 2.54. The molecule has 1 saturated heterocycles. The van der Waals surface area contributed by atoms with Gasteiger partial charge in [-0.15, -0.1) is 0 Å². The fourth-order valence-electron chi connectivity index (χ4n) is 2.89. The van der Waals surface area contributed by atoms with Crippen molar-refractivity contribution in [3.63, 3.8) is 0 Å². The largest absolute Gasteiger partial charge is 0.380 e. The average molecular weight is 256 g/mol. The molecule has 0 saturated carbocycles. The van der Waals surface area contributed by atoms with Gasteiger partial charge in [0, 0.05) is 13.2 Å². The Morgan fingerprint density at radius 2 is 1.72 bits per heavy atom. The van der Waals surface area contributed by atoms with Gasteiger partial charge in [0.25, 0.3) is 0 Å². The predicted molar refractivity (Wildman–Crippen MR) is 77.7 cm³/mol. The molecule has 0 spiro atoms. The first-order chi connectivity index (χ1) is 8.33. The maximum Gasteiger partial charge on any atom is 0.0659 e. The molecule has 2 N–H and O–H groups in total. The normalized spacial score (nSPS) is 23.0. The maximum absolute atomic E-state index is 5.98. The van der Waals surface area contributed by atoms with E-state index in [0.717, 1.165) is 32.2 Å². The fourth-order valence-corrected chi connectivity index (χ4v) is 2.89. The van der Waals surface area contributed by atoms with E-state index >= 15 is 0 Å². The molecule has 0 radical (unpaired) electrons. The summed E-state index contributed by atoms with van der Waals surface area (Å²) in [5.74, 6) is 0.836. The number of rotatable bonds is 5. The van der Waals surface area contributed by atoms with Gasteiger partial charge in [0.15, 0.2) is 0 Å². The van der Waals surface area contributed by atoms with Gasteiger partial charge >= 0.3 is 0 Å². The molecule has 0 aliphatic carbocycles. The van der Waals surface area contributed by atoms with Gasteiger partial charge in [-0.25, -0.2) is 0 Å². The van der Waals surface area contributed by atoms with Crippen molar-refractivity contribution in [3.8, 4) is 0 Å². The third kappa shape index (κ3) is 3.94. The molecule has 1 rings (SSSR count). The molecule has 1 aliphatic rings. The van der Waals surface area contributed by atoms with Crippen LogP contribution >= 0.6 is 0 Å². The van der Waals surface area contributed by atoms with E-state index in [0.29, 0.717) is 12.0 Å².